The van der Waals surface area contributed by atoms with E-state index >= 15 is 0 Å². The van der Waals surface area contributed by atoms with Crippen LogP contribution in [0.15, 0.2) is 70.1 Å². The summed E-state index contributed by atoms with van der Waals surface area (Å²) in [6.07, 6.45) is 1.47. The van der Waals surface area contributed by atoms with Gasteiger partial charge in [-0.3, -0.25) is 9.59 Å². The van der Waals surface area contributed by atoms with Crippen molar-refractivity contribution >= 4 is 34.2 Å². The molecular formula is C26H19ClFN5O3. The van der Waals surface area contributed by atoms with E-state index in [1.54, 1.807) is 19.1 Å². The van der Waals surface area contributed by atoms with Gasteiger partial charge in [0.1, 0.15) is 23.6 Å². The van der Waals surface area contributed by atoms with Crippen molar-refractivity contribution in [2.24, 2.45) is 0 Å². The van der Waals surface area contributed by atoms with Crippen molar-refractivity contribution in [2.45, 2.75) is 20.4 Å². The first-order chi connectivity index (χ1) is 17.3. The van der Waals surface area contributed by atoms with Crippen LogP contribution < -0.4 is 10.7 Å². The van der Waals surface area contributed by atoms with Gasteiger partial charge in [-0.1, -0.05) is 46.6 Å². The number of nitrogens with zero attached hydrogens (tertiary/aromatic N) is 4. The van der Waals surface area contributed by atoms with Crippen molar-refractivity contribution in [1.29, 1.82) is 0 Å². The molecule has 0 saturated carbocycles. The number of halogens is 2. The molecule has 2 aromatic carbocycles. The number of rotatable bonds is 5. The van der Waals surface area contributed by atoms with Gasteiger partial charge in [-0.25, -0.2) is 9.37 Å². The molecule has 0 bridgehead atoms. The second kappa shape index (κ2) is 9.35. The fourth-order valence-corrected chi connectivity index (χ4v) is 3.94. The third kappa shape index (κ3) is 4.60. The number of hydrogen-bond acceptors (Lipinski definition) is 6. The molecule has 5 aromatic rings. The number of carbonyl (C=O) groups excluding carboxylic acids is 1. The van der Waals surface area contributed by atoms with Gasteiger partial charge in [-0.05, 0) is 44.2 Å². The molecule has 180 valence electrons. The van der Waals surface area contributed by atoms with E-state index in [1.165, 1.54) is 22.9 Å². The van der Waals surface area contributed by atoms with Crippen LogP contribution >= 0.6 is 11.6 Å². The quantitative estimate of drug-likeness (QED) is 0.355. The zero-order valence-electron chi connectivity index (χ0n) is 19.3. The molecule has 0 unspecified atom stereocenters. The highest BCUT2D eigenvalue weighted by molar-refractivity contribution is 6.33. The molecule has 1 amide bonds. The third-order valence-electron chi connectivity index (χ3n) is 5.55. The molecule has 0 fully saturated rings. The summed E-state index contributed by atoms with van der Waals surface area (Å²) in [5.41, 5.74) is 2.86. The van der Waals surface area contributed by atoms with Gasteiger partial charge in [-0.2, -0.15) is 4.98 Å². The molecule has 0 atom stereocenters. The highest BCUT2D eigenvalue weighted by atomic mass is 35.5. The van der Waals surface area contributed by atoms with Gasteiger partial charge in [0.05, 0.1) is 16.1 Å². The summed E-state index contributed by atoms with van der Waals surface area (Å²) < 4.78 is 20.3. The summed E-state index contributed by atoms with van der Waals surface area (Å²) in [5.74, 6) is -0.609. The van der Waals surface area contributed by atoms with E-state index < -0.39 is 11.7 Å². The van der Waals surface area contributed by atoms with Crippen molar-refractivity contribution in [3.05, 3.63) is 93.1 Å². The van der Waals surface area contributed by atoms with Crippen LogP contribution in [-0.4, -0.2) is 25.6 Å². The first-order valence-corrected chi connectivity index (χ1v) is 11.3. The topological polar surface area (TPSA) is 103 Å². The lowest BCUT2D eigenvalue weighted by Crippen LogP contribution is -2.22. The smallest absolute Gasteiger partial charge is 0.263 e. The SMILES string of the molecule is Cc1ccc(-c2noc(-c3cn(CC(=O)Nc4ccc(F)cc4Cl)c4nc(C)ccc4c3=O)n2)cc1. The Morgan fingerprint density at radius 2 is 1.86 bits per heavy atom. The average molecular weight is 504 g/mol. The normalized spacial score (nSPS) is 11.1. The van der Waals surface area contributed by atoms with Gasteiger partial charge in [0.15, 0.2) is 0 Å². The molecule has 1 N–H and O–H groups in total. The molecule has 0 radical (unpaired) electrons. The number of hydrogen-bond donors (Lipinski definition) is 1. The number of aromatic nitrogens is 4. The first kappa shape index (κ1) is 23.4. The van der Waals surface area contributed by atoms with Gasteiger partial charge in [0.2, 0.25) is 17.2 Å². The number of nitrogens with one attached hydrogen (secondary N) is 1. The number of benzene rings is 2. The van der Waals surface area contributed by atoms with Crippen molar-refractivity contribution in [1.82, 2.24) is 19.7 Å². The Kier molecular flexibility index (Phi) is 6.07. The molecule has 0 spiro atoms. The lowest BCUT2D eigenvalue weighted by molar-refractivity contribution is -0.116. The highest BCUT2D eigenvalue weighted by Crippen LogP contribution is 2.24. The van der Waals surface area contributed by atoms with E-state index in [9.17, 15) is 14.0 Å². The van der Waals surface area contributed by atoms with Gasteiger partial charge in [0.25, 0.3) is 5.89 Å². The summed E-state index contributed by atoms with van der Waals surface area (Å²) in [6, 6.07) is 14.6. The van der Waals surface area contributed by atoms with Gasteiger partial charge in [0, 0.05) is 17.5 Å². The Morgan fingerprint density at radius 3 is 2.61 bits per heavy atom. The number of anilines is 1. The van der Waals surface area contributed by atoms with Crippen molar-refractivity contribution in [3.8, 4) is 22.8 Å². The summed E-state index contributed by atoms with van der Waals surface area (Å²) in [6.45, 7) is 3.55. The van der Waals surface area contributed by atoms with Gasteiger partial charge < -0.3 is 14.4 Å². The molecular weight excluding hydrogens is 485 g/mol. The maximum atomic E-state index is 13.4. The second-order valence-electron chi connectivity index (χ2n) is 8.29. The zero-order chi connectivity index (χ0) is 25.4. The lowest BCUT2D eigenvalue weighted by atomic mass is 10.1. The van der Waals surface area contributed by atoms with Crippen molar-refractivity contribution < 1.29 is 13.7 Å². The van der Waals surface area contributed by atoms with Crippen LogP contribution in [0.1, 0.15) is 11.3 Å². The molecule has 3 aromatic heterocycles. The summed E-state index contributed by atoms with van der Waals surface area (Å²) in [4.78, 5) is 35.0. The van der Waals surface area contributed by atoms with E-state index in [1.807, 2.05) is 31.2 Å². The number of carbonyl (C=O) groups is 1. The molecule has 3 heterocycles. The van der Waals surface area contributed by atoms with E-state index in [2.05, 4.69) is 20.4 Å². The molecule has 10 heteroatoms. The van der Waals surface area contributed by atoms with Crippen LogP contribution in [0, 0.1) is 19.7 Å². The van der Waals surface area contributed by atoms with Crippen LogP contribution in [-0.2, 0) is 11.3 Å². The summed E-state index contributed by atoms with van der Waals surface area (Å²) in [5, 5.41) is 7.03. The molecule has 0 saturated heterocycles. The Bertz CT molecular complexity index is 1680. The number of amides is 1. The van der Waals surface area contributed by atoms with E-state index in [0.717, 1.165) is 17.2 Å². The Morgan fingerprint density at radius 1 is 1.08 bits per heavy atom. The standard InChI is InChI=1S/C26H19ClFN5O3/c1-14-3-6-16(7-4-14)24-31-26(36-32-24)19-12-33(25-18(23(19)35)9-5-15(2)29-25)13-22(34)30-21-10-8-17(28)11-20(21)27/h3-12H,13H2,1-2H3,(H,30,34). The van der Waals surface area contributed by atoms with E-state index in [4.69, 9.17) is 16.1 Å². The van der Waals surface area contributed by atoms with Crippen LogP contribution in [0.25, 0.3) is 33.9 Å². The van der Waals surface area contributed by atoms with Crippen LogP contribution in [0.5, 0.6) is 0 Å². The third-order valence-corrected chi connectivity index (χ3v) is 5.86. The van der Waals surface area contributed by atoms with Gasteiger partial charge >= 0.3 is 0 Å². The monoisotopic (exact) mass is 503 g/mol. The number of pyridine rings is 2. The predicted octanol–water partition coefficient (Wildman–Crippen LogP) is 5.16. The molecule has 36 heavy (non-hydrogen) atoms. The molecule has 0 aliphatic rings. The number of aryl methyl sites for hydroxylation is 2. The average Bonchev–Trinajstić information content (AvgIpc) is 3.33. The fraction of sp³-hybridized carbons (Fsp3) is 0.115. The minimum Gasteiger partial charge on any atom is -0.333 e. The highest BCUT2D eigenvalue weighted by Gasteiger charge is 2.19. The molecule has 0 aliphatic heterocycles. The minimum absolute atomic E-state index is 0.0220. The lowest BCUT2D eigenvalue weighted by Gasteiger charge is -2.13. The van der Waals surface area contributed by atoms with E-state index in [0.29, 0.717) is 22.6 Å². The maximum absolute atomic E-state index is 13.4. The minimum atomic E-state index is -0.515. The van der Waals surface area contributed by atoms with Gasteiger partial charge in [-0.15, -0.1) is 0 Å². The predicted molar refractivity (Wildman–Crippen MR) is 134 cm³/mol. The largest absolute Gasteiger partial charge is 0.333 e. The van der Waals surface area contributed by atoms with Crippen LogP contribution in [0.3, 0.4) is 0 Å². The molecule has 0 aliphatic carbocycles. The maximum Gasteiger partial charge on any atom is 0.263 e. The Hall–Kier alpha value is -4.37. The summed E-state index contributed by atoms with van der Waals surface area (Å²) >= 11 is 6.04. The Balaban J connectivity index is 1.54. The molecule has 8 nitrogen and oxygen atoms in total. The van der Waals surface area contributed by atoms with Crippen molar-refractivity contribution in [2.75, 3.05) is 5.32 Å². The molecule has 5 rings (SSSR count). The van der Waals surface area contributed by atoms with Crippen molar-refractivity contribution in [3.63, 3.8) is 0 Å². The number of fused-ring (bicyclic) bond motifs is 1. The fourth-order valence-electron chi connectivity index (χ4n) is 3.72. The Labute approximate surface area is 209 Å². The summed E-state index contributed by atoms with van der Waals surface area (Å²) in [7, 11) is 0. The zero-order valence-corrected chi connectivity index (χ0v) is 20.0. The first-order valence-electron chi connectivity index (χ1n) is 11.0. The van der Waals surface area contributed by atoms with Crippen LogP contribution in [0.4, 0.5) is 10.1 Å². The van der Waals surface area contributed by atoms with Crippen LogP contribution in [0.2, 0.25) is 5.02 Å². The van der Waals surface area contributed by atoms with E-state index in [-0.39, 0.29) is 34.1 Å². The second-order valence-corrected chi connectivity index (χ2v) is 8.69.